The lowest BCUT2D eigenvalue weighted by molar-refractivity contribution is -0.137. The van der Waals surface area contributed by atoms with Crippen molar-refractivity contribution in [3.8, 4) is 0 Å². The van der Waals surface area contributed by atoms with Gasteiger partial charge in [-0.15, -0.1) is 0 Å². The van der Waals surface area contributed by atoms with Crippen molar-refractivity contribution in [3.05, 3.63) is 17.6 Å². The van der Waals surface area contributed by atoms with Crippen LogP contribution in [0.5, 0.6) is 0 Å². The molecule has 1 saturated carbocycles. The van der Waals surface area contributed by atoms with Crippen molar-refractivity contribution >= 4 is 11.7 Å². The molecule has 5 heteroatoms. The van der Waals surface area contributed by atoms with E-state index in [1.807, 2.05) is 4.90 Å². The lowest BCUT2D eigenvalue weighted by Crippen LogP contribution is -2.41. The molecule has 0 bridgehead atoms. The van der Waals surface area contributed by atoms with Gasteiger partial charge in [-0.25, -0.2) is 9.97 Å². The summed E-state index contributed by atoms with van der Waals surface area (Å²) in [5, 5.41) is 0. The van der Waals surface area contributed by atoms with E-state index in [1.54, 1.807) is 0 Å². The molecule has 1 aliphatic heterocycles. The van der Waals surface area contributed by atoms with Gasteiger partial charge in [-0.2, -0.15) is 0 Å². The highest BCUT2D eigenvalue weighted by Gasteiger charge is 2.29. The Labute approximate surface area is 113 Å². The smallest absolute Gasteiger partial charge is 0.226 e. The van der Waals surface area contributed by atoms with Gasteiger partial charge in [0.05, 0.1) is 12.2 Å². The highest BCUT2D eigenvalue weighted by atomic mass is 16.2. The molecule has 2 N–H and O–H groups in total. The van der Waals surface area contributed by atoms with Crippen molar-refractivity contribution in [2.75, 3.05) is 12.3 Å². The summed E-state index contributed by atoms with van der Waals surface area (Å²) in [5.74, 6) is 1.10. The van der Waals surface area contributed by atoms with Crippen molar-refractivity contribution in [1.29, 1.82) is 0 Å². The second-order valence-corrected chi connectivity index (χ2v) is 5.53. The van der Waals surface area contributed by atoms with Gasteiger partial charge < -0.3 is 10.6 Å². The maximum absolute atomic E-state index is 12.5. The molecule has 2 heterocycles. The van der Waals surface area contributed by atoms with Crippen LogP contribution in [0.25, 0.3) is 0 Å². The molecule has 0 spiro atoms. The van der Waals surface area contributed by atoms with E-state index < -0.39 is 0 Å². The van der Waals surface area contributed by atoms with Crippen LogP contribution in [0.15, 0.2) is 6.33 Å². The maximum atomic E-state index is 12.5. The number of carbonyl (C=O) groups is 1. The van der Waals surface area contributed by atoms with Crippen LogP contribution < -0.4 is 5.73 Å². The molecule has 1 fully saturated rings. The Bertz CT molecular complexity index is 482. The molecule has 1 aliphatic carbocycles. The fourth-order valence-corrected chi connectivity index (χ4v) is 3.18. The summed E-state index contributed by atoms with van der Waals surface area (Å²) >= 11 is 0. The number of anilines is 1. The zero-order valence-corrected chi connectivity index (χ0v) is 11.1. The van der Waals surface area contributed by atoms with Crippen molar-refractivity contribution in [2.24, 2.45) is 5.92 Å². The summed E-state index contributed by atoms with van der Waals surface area (Å²) < 4.78 is 0. The monoisotopic (exact) mass is 260 g/mol. The van der Waals surface area contributed by atoms with Gasteiger partial charge in [0.15, 0.2) is 0 Å². The molecule has 1 aromatic heterocycles. The second-order valence-electron chi connectivity index (χ2n) is 5.53. The van der Waals surface area contributed by atoms with Gasteiger partial charge in [-0.3, -0.25) is 4.79 Å². The predicted octanol–water partition coefficient (Wildman–Crippen LogP) is 1.52. The van der Waals surface area contributed by atoms with Gasteiger partial charge in [0.2, 0.25) is 5.91 Å². The summed E-state index contributed by atoms with van der Waals surface area (Å²) in [7, 11) is 0. The molecule has 19 heavy (non-hydrogen) atoms. The number of fused-ring (bicyclic) bond motifs is 1. The molecule has 0 radical (unpaired) electrons. The van der Waals surface area contributed by atoms with E-state index in [0.717, 1.165) is 37.1 Å². The molecular weight excluding hydrogens is 240 g/mol. The highest BCUT2D eigenvalue weighted by molar-refractivity contribution is 5.79. The Balaban J connectivity index is 1.73. The van der Waals surface area contributed by atoms with Crippen LogP contribution in [-0.4, -0.2) is 27.3 Å². The third kappa shape index (κ3) is 2.41. The van der Waals surface area contributed by atoms with Crippen LogP contribution in [-0.2, 0) is 17.8 Å². The fourth-order valence-electron chi connectivity index (χ4n) is 3.18. The lowest BCUT2D eigenvalue weighted by Gasteiger charge is -2.32. The average molecular weight is 260 g/mol. The maximum Gasteiger partial charge on any atom is 0.226 e. The predicted molar refractivity (Wildman–Crippen MR) is 72.1 cm³/mol. The molecule has 2 aliphatic rings. The summed E-state index contributed by atoms with van der Waals surface area (Å²) in [4.78, 5) is 22.7. The lowest BCUT2D eigenvalue weighted by atomic mass is 9.88. The summed E-state index contributed by atoms with van der Waals surface area (Å²) in [5.41, 5.74) is 7.79. The Morgan fingerprint density at radius 1 is 1.26 bits per heavy atom. The van der Waals surface area contributed by atoms with E-state index in [4.69, 9.17) is 5.73 Å². The van der Waals surface area contributed by atoms with E-state index in [2.05, 4.69) is 9.97 Å². The number of carbonyl (C=O) groups excluding carboxylic acids is 1. The van der Waals surface area contributed by atoms with Crippen LogP contribution in [0.4, 0.5) is 5.82 Å². The average Bonchev–Trinajstić information content (AvgIpc) is 2.47. The van der Waals surface area contributed by atoms with Crippen molar-refractivity contribution in [3.63, 3.8) is 0 Å². The SMILES string of the molecule is Nc1ncnc2c1CCN(C(=O)C1CCCCC1)C2. The largest absolute Gasteiger partial charge is 0.383 e. The van der Waals surface area contributed by atoms with Gasteiger partial charge >= 0.3 is 0 Å². The highest BCUT2D eigenvalue weighted by Crippen LogP contribution is 2.28. The Hall–Kier alpha value is -1.65. The quantitative estimate of drug-likeness (QED) is 0.831. The number of amides is 1. The zero-order chi connectivity index (χ0) is 13.2. The minimum absolute atomic E-state index is 0.231. The van der Waals surface area contributed by atoms with E-state index in [0.29, 0.717) is 18.3 Å². The topological polar surface area (TPSA) is 72.1 Å². The van der Waals surface area contributed by atoms with E-state index in [1.165, 1.54) is 25.6 Å². The molecule has 0 saturated heterocycles. The summed E-state index contributed by atoms with van der Waals surface area (Å²) in [6.45, 7) is 1.34. The first-order valence-corrected chi connectivity index (χ1v) is 7.12. The van der Waals surface area contributed by atoms with Gasteiger partial charge in [-0.1, -0.05) is 19.3 Å². The number of nitrogens with two attached hydrogens (primary N) is 1. The van der Waals surface area contributed by atoms with Crippen molar-refractivity contribution in [1.82, 2.24) is 14.9 Å². The second kappa shape index (κ2) is 5.15. The molecule has 102 valence electrons. The molecular formula is C14H20N4O. The van der Waals surface area contributed by atoms with Gasteiger partial charge in [-0.05, 0) is 19.3 Å². The van der Waals surface area contributed by atoms with Crippen LogP contribution in [0, 0.1) is 5.92 Å². The number of nitrogen functional groups attached to an aromatic ring is 1. The molecule has 0 unspecified atom stereocenters. The van der Waals surface area contributed by atoms with Crippen LogP contribution >= 0.6 is 0 Å². The Morgan fingerprint density at radius 2 is 2.05 bits per heavy atom. The molecule has 3 rings (SSSR count). The number of hydrogen-bond acceptors (Lipinski definition) is 4. The van der Waals surface area contributed by atoms with E-state index in [-0.39, 0.29) is 5.92 Å². The first kappa shape index (κ1) is 12.4. The fraction of sp³-hybridized carbons (Fsp3) is 0.643. The van der Waals surface area contributed by atoms with E-state index >= 15 is 0 Å². The third-order valence-corrected chi connectivity index (χ3v) is 4.31. The first-order chi connectivity index (χ1) is 9.25. The Kier molecular flexibility index (Phi) is 3.36. The van der Waals surface area contributed by atoms with Crippen LogP contribution in [0.3, 0.4) is 0 Å². The molecule has 5 nitrogen and oxygen atoms in total. The molecule has 0 atom stereocenters. The standard InChI is InChI=1S/C14H20N4O/c15-13-11-6-7-18(8-12(11)16-9-17-13)14(19)10-4-2-1-3-5-10/h9-10H,1-8H2,(H2,15,16,17). The minimum Gasteiger partial charge on any atom is -0.383 e. The number of nitrogens with zero attached hydrogens (tertiary/aromatic N) is 3. The number of aromatic nitrogens is 2. The first-order valence-electron chi connectivity index (χ1n) is 7.12. The Morgan fingerprint density at radius 3 is 2.84 bits per heavy atom. The van der Waals surface area contributed by atoms with Crippen LogP contribution in [0.1, 0.15) is 43.4 Å². The van der Waals surface area contributed by atoms with Crippen molar-refractivity contribution < 1.29 is 4.79 Å². The normalized spacial score (nSPS) is 20.1. The number of hydrogen-bond donors (Lipinski definition) is 1. The van der Waals surface area contributed by atoms with Gasteiger partial charge in [0.25, 0.3) is 0 Å². The minimum atomic E-state index is 0.231. The zero-order valence-electron chi connectivity index (χ0n) is 11.1. The third-order valence-electron chi connectivity index (χ3n) is 4.31. The molecule has 1 amide bonds. The van der Waals surface area contributed by atoms with Crippen LogP contribution in [0.2, 0.25) is 0 Å². The summed E-state index contributed by atoms with van der Waals surface area (Å²) in [6.07, 6.45) is 8.02. The molecule has 1 aromatic rings. The number of rotatable bonds is 1. The van der Waals surface area contributed by atoms with Crippen molar-refractivity contribution in [2.45, 2.75) is 45.1 Å². The summed E-state index contributed by atoms with van der Waals surface area (Å²) in [6, 6.07) is 0. The van der Waals surface area contributed by atoms with Gasteiger partial charge in [0.1, 0.15) is 12.1 Å². The van der Waals surface area contributed by atoms with E-state index in [9.17, 15) is 4.79 Å². The molecule has 0 aromatic carbocycles. The van der Waals surface area contributed by atoms with Gasteiger partial charge in [0, 0.05) is 18.0 Å².